The normalized spacial score (nSPS) is 11.9. The van der Waals surface area contributed by atoms with Crippen LogP contribution in [0.1, 0.15) is 25.0 Å². The average molecular weight is 603 g/mol. The molecule has 3 aromatic rings. The van der Waals surface area contributed by atoms with Crippen molar-refractivity contribution in [3.8, 4) is 5.75 Å². The predicted molar refractivity (Wildman–Crippen MR) is 152 cm³/mol. The fourth-order valence-corrected chi connectivity index (χ4v) is 5.50. The van der Waals surface area contributed by atoms with Gasteiger partial charge < -0.3 is 15.0 Å². The molecular formula is C28H32BrN3O5S. The van der Waals surface area contributed by atoms with Crippen LogP contribution in [0.25, 0.3) is 0 Å². The van der Waals surface area contributed by atoms with Gasteiger partial charge in [0.2, 0.25) is 11.8 Å². The first kappa shape index (κ1) is 29.2. The van der Waals surface area contributed by atoms with Crippen LogP contribution in [0, 0.1) is 6.92 Å². The van der Waals surface area contributed by atoms with E-state index in [1.165, 1.54) is 24.1 Å². The largest absolute Gasteiger partial charge is 0.494 e. The predicted octanol–water partition coefficient (Wildman–Crippen LogP) is 4.51. The van der Waals surface area contributed by atoms with E-state index >= 15 is 0 Å². The number of nitrogens with one attached hydrogen (secondary N) is 1. The van der Waals surface area contributed by atoms with Crippen LogP contribution in [-0.4, -0.2) is 51.4 Å². The van der Waals surface area contributed by atoms with Crippen molar-refractivity contribution >= 4 is 43.5 Å². The summed E-state index contributed by atoms with van der Waals surface area (Å²) in [5.41, 5.74) is 2.09. The lowest BCUT2D eigenvalue weighted by molar-refractivity contribution is -0.139. The van der Waals surface area contributed by atoms with E-state index in [2.05, 4.69) is 21.2 Å². The molecular weight excluding hydrogens is 570 g/mol. The molecule has 0 saturated carbocycles. The Hall–Kier alpha value is -3.37. The summed E-state index contributed by atoms with van der Waals surface area (Å²) in [6, 6.07) is 19.5. The Morgan fingerprint density at radius 2 is 1.58 bits per heavy atom. The lowest BCUT2D eigenvalue weighted by Crippen LogP contribution is -2.50. The summed E-state index contributed by atoms with van der Waals surface area (Å²) >= 11 is 3.40. The molecule has 0 saturated heterocycles. The summed E-state index contributed by atoms with van der Waals surface area (Å²) in [7, 11) is -2.64. The van der Waals surface area contributed by atoms with Crippen LogP contribution >= 0.6 is 15.9 Å². The minimum Gasteiger partial charge on any atom is -0.494 e. The molecule has 0 bridgehead atoms. The second-order valence-corrected chi connectivity index (χ2v) is 11.5. The molecule has 1 N–H and O–H groups in total. The highest BCUT2D eigenvalue weighted by molar-refractivity contribution is 9.10. The van der Waals surface area contributed by atoms with Gasteiger partial charge >= 0.3 is 0 Å². The third kappa shape index (κ3) is 7.14. The zero-order chi connectivity index (χ0) is 27.9. The quantitative estimate of drug-likeness (QED) is 0.349. The number of nitrogens with zero attached hydrogens (tertiary/aromatic N) is 2. The summed E-state index contributed by atoms with van der Waals surface area (Å²) in [6.07, 6.45) is 0. The van der Waals surface area contributed by atoms with Crippen molar-refractivity contribution in [3.63, 3.8) is 0 Å². The van der Waals surface area contributed by atoms with Gasteiger partial charge in [0.25, 0.3) is 10.0 Å². The molecule has 1 atom stereocenters. The number of amides is 2. The molecule has 38 heavy (non-hydrogen) atoms. The number of anilines is 1. The van der Waals surface area contributed by atoms with Gasteiger partial charge in [-0.15, -0.1) is 0 Å². The Kier molecular flexibility index (Phi) is 9.93. The van der Waals surface area contributed by atoms with Gasteiger partial charge in [-0.25, -0.2) is 8.42 Å². The van der Waals surface area contributed by atoms with E-state index in [9.17, 15) is 18.0 Å². The monoisotopic (exact) mass is 601 g/mol. The van der Waals surface area contributed by atoms with Crippen LogP contribution in [-0.2, 0) is 26.2 Å². The van der Waals surface area contributed by atoms with Crippen molar-refractivity contribution < 1.29 is 22.7 Å². The smallest absolute Gasteiger partial charge is 0.264 e. The van der Waals surface area contributed by atoms with Gasteiger partial charge in [-0.3, -0.25) is 13.9 Å². The van der Waals surface area contributed by atoms with E-state index in [-0.39, 0.29) is 17.3 Å². The lowest BCUT2D eigenvalue weighted by atomic mass is 10.1. The highest BCUT2D eigenvalue weighted by atomic mass is 79.9. The molecule has 0 fully saturated rings. The van der Waals surface area contributed by atoms with Crippen molar-refractivity contribution in [2.45, 2.75) is 38.3 Å². The van der Waals surface area contributed by atoms with Crippen LogP contribution < -0.4 is 14.4 Å². The Bertz CT molecular complexity index is 1340. The zero-order valence-electron chi connectivity index (χ0n) is 21.8. The number of halogens is 1. The van der Waals surface area contributed by atoms with Gasteiger partial charge in [-0.1, -0.05) is 45.8 Å². The molecule has 0 aliphatic carbocycles. The van der Waals surface area contributed by atoms with E-state index in [0.717, 1.165) is 19.9 Å². The molecule has 1 unspecified atom stereocenters. The van der Waals surface area contributed by atoms with E-state index in [0.29, 0.717) is 18.0 Å². The Morgan fingerprint density at radius 1 is 0.974 bits per heavy atom. The number of ether oxygens (including phenoxy) is 1. The van der Waals surface area contributed by atoms with Crippen LogP contribution in [0.2, 0.25) is 0 Å². The van der Waals surface area contributed by atoms with Gasteiger partial charge in [0.1, 0.15) is 18.3 Å². The second kappa shape index (κ2) is 12.9. The molecule has 202 valence electrons. The standard InChI is InChI=1S/C28H32BrN3O5S/c1-5-37-25-14-16-26(17-15-25)38(35,36)32(24-12-6-20(2)7-13-24)19-27(33)31(21(3)28(34)30-4)18-22-8-10-23(29)11-9-22/h6-17,21H,5,18-19H2,1-4H3,(H,30,34). The minimum absolute atomic E-state index is 0.0214. The molecule has 3 rings (SSSR count). The van der Waals surface area contributed by atoms with Crippen molar-refractivity contribution in [1.82, 2.24) is 10.2 Å². The Balaban J connectivity index is 2.00. The number of hydrogen-bond acceptors (Lipinski definition) is 5. The zero-order valence-corrected chi connectivity index (χ0v) is 24.3. The maximum absolute atomic E-state index is 13.8. The highest BCUT2D eigenvalue weighted by Crippen LogP contribution is 2.26. The summed E-state index contributed by atoms with van der Waals surface area (Å²) in [5, 5.41) is 2.57. The maximum atomic E-state index is 13.8. The Labute approximate surface area is 232 Å². The molecule has 3 aromatic carbocycles. The van der Waals surface area contributed by atoms with Gasteiger partial charge in [0, 0.05) is 18.1 Å². The molecule has 0 aromatic heterocycles. The second-order valence-electron chi connectivity index (χ2n) is 8.69. The number of hydrogen-bond donors (Lipinski definition) is 1. The number of aryl methyl sites for hydroxylation is 1. The van der Waals surface area contributed by atoms with Crippen LogP contribution in [0.15, 0.2) is 82.2 Å². The van der Waals surface area contributed by atoms with E-state index in [1.807, 2.05) is 38.1 Å². The maximum Gasteiger partial charge on any atom is 0.264 e. The van der Waals surface area contributed by atoms with Crippen molar-refractivity contribution in [1.29, 1.82) is 0 Å². The van der Waals surface area contributed by atoms with Gasteiger partial charge in [-0.2, -0.15) is 0 Å². The third-order valence-electron chi connectivity index (χ3n) is 6.00. The average Bonchev–Trinajstić information content (AvgIpc) is 2.91. The van der Waals surface area contributed by atoms with Crippen molar-refractivity contribution in [2.24, 2.45) is 0 Å². The third-order valence-corrected chi connectivity index (χ3v) is 8.32. The Morgan fingerprint density at radius 3 is 2.13 bits per heavy atom. The minimum atomic E-state index is -4.13. The molecule has 8 nitrogen and oxygen atoms in total. The number of rotatable bonds is 11. The fourth-order valence-electron chi connectivity index (χ4n) is 3.82. The van der Waals surface area contributed by atoms with Crippen molar-refractivity contribution in [3.05, 3.63) is 88.4 Å². The summed E-state index contributed by atoms with van der Waals surface area (Å²) < 4.78 is 35.1. The first-order chi connectivity index (χ1) is 18.1. The number of benzene rings is 3. The number of sulfonamides is 1. The number of likely N-dealkylation sites (N-methyl/N-ethyl adjacent to an activating group) is 1. The summed E-state index contributed by atoms with van der Waals surface area (Å²) in [6.45, 7) is 5.45. The van der Waals surface area contributed by atoms with Crippen LogP contribution in [0.4, 0.5) is 5.69 Å². The topological polar surface area (TPSA) is 96.0 Å². The van der Waals surface area contributed by atoms with Gasteiger partial charge in [0.05, 0.1) is 17.2 Å². The van der Waals surface area contributed by atoms with E-state index in [1.54, 1.807) is 43.3 Å². The first-order valence-corrected chi connectivity index (χ1v) is 14.4. The molecule has 0 aliphatic heterocycles. The van der Waals surface area contributed by atoms with Crippen LogP contribution in [0.3, 0.4) is 0 Å². The molecule has 0 heterocycles. The molecule has 10 heteroatoms. The van der Waals surface area contributed by atoms with Crippen LogP contribution in [0.5, 0.6) is 5.75 Å². The van der Waals surface area contributed by atoms with E-state index < -0.39 is 28.5 Å². The SMILES string of the molecule is CCOc1ccc(S(=O)(=O)N(CC(=O)N(Cc2ccc(Br)cc2)C(C)C(=O)NC)c2ccc(C)cc2)cc1. The summed E-state index contributed by atoms with van der Waals surface area (Å²) in [5.74, 6) is -0.324. The first-order valence-electron chi connectivity index (χ1n) is 12.1. The molecule has 0 spiro atoms. The van der Waals surface area contributed by atoms with Crippen molar-refractivity contribution in [2.75, 3.05) is 24.5 Å². The molecule has 0 aliphatic rings. The highest BCUT2D eigenvalue weighted by Gasteiger charge is 2.32. The number of carbonyl (C=O) groups is 2. The van der Waals surface area contributed by atoms with Gasteiger partial charge in [0.15, 0.2) is 0 Å². The summed E-state index contributed by atoms with van der Waals surface area (Å²) in [4.78, 5) is 27.7. The fraction of sp³-hybridized carbons (Fsp3) is 0.286. The van der Waals surface area contributed by atoms with Gasteiger partial charge in [-0.05, 0) is 74.9 Å². The lowest BCUT2D eigenvalue weighted by Gasteiger charge is -2.31. The number of carbonyl (C=O) groups excluding carboxylic acids is 2. The molecule has 0 radical (unpaired) electrons. The van der Waals surface area contributed by atoms with E-state index in [4.69, 9.17) is 4.74 Å². The molecule has 2 amide bonds.